The number of benzene rings is 2. The summed E-state index contributed by atoms with van der Waals surface area (Å²) in [5, 5.41) is 8.98. The van der Waals surface area contributed by atoms with Crippen molar-refractivity contribution in [3.8, 4) is 28.3 Å². The standard InChI is InChI=1S/C25H26F2N2O3/c1-2-3-4-5-6-21(26)16-32-23-12-11-19(13-22(23)27)24-28-14-20(15-29-24)17-7-9-18(10-8-17)25(30)31/h7-15,21H,2-6,16H2,1H3,(H,30,31). The number of unbranched alkanes of at least 4 members (excludes halogenated alkanes) is 3. The number of rotatable bonds is 11. The fourth-order valence-electron chi connectivity index (χ4n) is 3.24. The quantitative estimate of drug-likeness (QED) is 0.353. The number of hydrogen-bond acceptors (Lipinski definition) is 4. The maximum atomic E-state index is 14.4. The topological polar surface area (TPSA) is 72.3 Å². The minimum atomic E-state index is -1.12. The van der Waals surface area contributed by atoms with Crippen LogP contribution >= 0.6 is 0 Å². The highest BCUT2D eigenvalue weighted by Gasteiger charge is 2.12. The van der Waals surface area contributed by atoms with Crippen LogP contribution in [0.4, 0.5) is 8.78 Å². The van der Waals surface area contributed by atoms with Gasteiger partial charge in [0.2, 0.25) is 0 Å². The van der Waals surface area contributed by atoms with Crippen molar-refractivity contribution >= 4 is 5.97 Å². The summed E-state index contributed by atoms with van der Waals surface area (Å²) in [5.74, 6) is -1.26. The van der Waals surface area contributed by atoms with Crippen molar-refractivity contribution in [3.05, 3.63) is 66.2 Å². The second kappa shape index (κ2) is 11.3. The zero-order valence-corrected chi connectivity index (χ0v) is 17.9. The number of alkyl halides is 1. The van der Waals surface area contributed by atoms with Crippen LogP contribution in [0.5, 0.6) is 5.75 Å². The summed E-state index contributed by atoms with van der Waals surface area (Å²) in [6, 6.07) is 10.7. The Morgan fingerprint density at radius 2 is 1.69 bits per heavy atom. The third kappa shape index (κ3) is 6.33. The summed E-state index contributed by atoms with van der Waals surface area (Å²) in [5.41, 5.74) is 2.14. The summed E-state index contributed by atoms with van der Waals surface area (Å²) in [6.45, 7) is 1.93. The minimum absolute atomic E-state index is 0.0000913. The number of aromatic nitrogens is 2. The highest BCUT2D eigenvalue weighted by Crippen LogP contribution is 2.25. The number of carboxylic acids is 1. The van der Waals surface area contributed by atoms with E-state index < -0.39 is 18.0 Å². The van der Waals surface area contributed by atoms with Gasteiger partial charge in [0.05, 0.1) is 5.56 Å². The second-order valence-corrected chi connectivity index (χ2v) is 7.58. The van der Waals surface area contributed by atoms with Crippen LogP contribution in [0.3, 0.4) is 0 Å². The van der Waals surface area contributed by atoms with E-state index in [9.17, 15) is 13.6 Å². The Kier molecular flexibility index (Phi) is 8.25. The van der Waals surface area contributed by atoms with E-state index in [4.69, 9.17) is 9.84 Å². The molecule has 0 radical (unpaired) electrons. The zero-order valence-electron chi connectivity index (χ0n) is 17.9. The van der Waals surface area contributed by atoms with E-state index in [0.717, 1.165) is 31.2 Å². The molecule has 0 amide bonds. The van der Waals surface area contributed by atoms with E-state index >= 15 is 0 Å². The van der Waals surface area contributed by atoms with Crippen LogP contribution in [0.25, 0.3) is 22.5 Å². The lowest BCUT2D eigenvalue weighted by molar-refractivity contribution is 0.0697. The molecule has 0 aliphatic rings. The normalized spacial score (nSPS) is 11.8. The number of carboxylic acid groups (broad SMARTS) is 1. The van der Waals surface area contributed by atoms with E-state index in [-0.39, 0.29) is 17.9 Å². The van der Waals surface area contributed by atoms with E-state index in [1.807, 2.05) is 0 Å². The number of carbonyl (C=O) groups is 1. The molecule has 0 spiro atoms. The minimum Gasteiger partial charge on any atom is -0.487 e. The van der Waals surface area contributed by atoms with E-state index in [1.54, 1.807) is 30.6 Å². The predicted octanol–water partition coefficient (Wildman–Crippen LogP) is 6.34. The maximum absolute atomic E-state index is 14.4. The first kappa shape index (κ1) is 23.3. The molecule has 0 saturated heterocycles. The lowest BCUT2D eigenvalue weighted by Crippen LogP contribution is -2.13. The van der Waals surface area contributed by atoms with Crippen molar-refractivity contribution in [1.82, 2.24) is 9.97 Å². The summed E-state index contributed by atoms with van der Waals surface area (Å²) in [6.07, 6.45) is 6.45. The molecule has 0 aliphatic carbocycles. The van der Waals surface area contributed by atoms with Gasteiger partial charge in [0.25, 0.3) is 0 Å². The zero-order chi connectivity index (χ0) is 22.9. The highest BCUT2D eigenvalue weighted by atomic mass is 19.1. The van der Waals surface area contributed by atoms with Gasteiger partial charge in [0.1, 0.15) is 12.8 Å². The van der Waals surface area contributed by atoms with Crippen LogP contribution in [0.15, 0.2) is 54.9 Å². The molecule has 1 atom stereocenters. The molecule has 32 heavy (non-hydrogen) atoms. The van der Waals surface area contributed by atoms with Gasteiger partial charge in [-0.2, -0.15) is 0 Å². The third-order valence-corrected chi connectivity index (χ3v) is 5.10. The molecule has 5 nitrogen and oxygen atoms in total. The van der Waals surface area contributed by atoms with Gasteiger partial charge in [-0.1, -0.05) is 44.7 Å². The Morgan fingerprint density at radius 3 is 2.31 bits per heavy atom. The molecule has 0 fully saturated rings. The predicted molar refractivity (Wildman–Crippen MR) is 119 cm³/mol. The lowest BCUT2D eigenvalue weighted by atomic mass is 10.1. The van der Waals surface area contributed by atoms with Crippen molar-refractivity contribution in [2.24, 2.45) is 0 Å². The number of halogens is 2. The molecule has 0 bridgehead atoms. The van der Waals surface area contributed by atoms with Gasteiger partial charge >= 0.3 is 5.97 Å². The van der Waals surface area contributed by atoms with E-state index in [0.29, 0.717) is 23.4 Å². The van der Waals surface area contributed by atoms with Gasteiger partial charge in [-0.15, -0.1) is 0 Å². The average molecular weight is 440 g/mol. The van der Waals surface area contributed by atoms with Gasteiger partial charge in [-0.3, -0.25) is 0 Å². The Hall–Kier alpha value is -3.35. The van der Waals surface area contributed by atoms with Crippen LogP contribution in [-0.4, -0.2) is 33.8 Å². The fraction of sp³-hybridized carbons (Fsp3) is 0.320. The largest absolute Gasteiger partial charge is 0.487 e. The van der Waals surface area contributed by atoms with Crippen molar-refractivity contribution in [2.75, 3.05) is 6.61 Å². The number of hydrogen-bond donors (Lipinski definition) is 1. The number of ether oxygens (including phenoxy) is 1. The van der Waals surface area contributed by atoms with Gasteiger partial charge < -0.3 is 9.84 Å². The summed E-state index contributed by atoms with van der Waals surface area (Å²) in [4.78, 5) is 19.5. The van der Waals surface area contributed by atoms with Crippen LogP contribution < -0.4 is 4.74 Å². The number of aromatic carboxylic acids is 1. The van der Waals surface area contributed by atoms with Crippen LogP contribution in [0, 0.1) is 5.82 Å². The molecule has 7 heteroatoms. The molecule has 168 valence electrons. The van der Waals surface area contributed by atoms with E-state index in [2.05, 4.69) is 16.9 Å². The summed E-state index contributed by atoms with van der Waals surface area (Å²) < 4.78 is 33.7. The Bertz CT molecular complexity index is 1020. The van der Waals surface area contributed by atoms with Crippen LogP contribution in [0.1, 0.15) is 49.4 Å². The first-order valence-electron chi connectivity index (χ1n) is 10.7. The van der Waals surface area contributed by atoms with Crippen molar-refractivity contribution in [2.45, 2.75) is 45.2 Å². The Balaban J connectivity index is 1.61. The number of nitrogens with zero attached hydrogens (tertiary/aromatic N) is 2. The average Bonchev–Trinajstić information content (AvgIpc) is 2.81. The molecule has 0 saturated carbocycles. The maximum Gasteiger partial charge on any atom is 0.335 e. The molecular formula is C25H26F2N2O3. The Labute approximate surface area is 186 Å². The van der Waals surface area contributed by atoms with Crippen molar-refractivity contribution < 1.29 is 23.4 Å². The van der Waals surface area contributed by atoms with Gasteiger partial charge in [-0.25, -0.2) is 23.5 Å². The fourth-order valence-corrected chi connectivity index (χ4v) is 3.24. The summed E-state index contributed by atoms with van der Waals surface area (Å²) in [7, 11) is 0. The highest BCUT2D eigenvalue weighted by molar-refractivity contribution is 5.88. The van der Waals surface area contributed by atoms with Gasteiger partial charge in [0.15, 0.2) is 17.4 Å². The van der Waals surface area contributed by atoms with Crippen LogP contribution in [-0.2, 0) is 0 Å². The molecule has 1 heterocycles. The smallest absolute Gasteiger partial charge is 0.335 e. The second-order valence-electron chi connectivity index (χ2n) is 7.58. The van der Waals surface area contributed by atoms with Crippen molar-refractivity contribution in [3.63, 3.8) is 0 Å². The van der Waals surface area contributed by atoms with E-state index in [1.165, 1.54) is 24.3 Å². The third-order valence-electron chi connectivity index (χ3n) is 5.10. The molecule has 1 N–H and O–H groups in total. The molecule has 2 aromatic carbocycles. The molecule has 3 rings (SSSR count). The van der Waals surface area contributed by atoms with Gasteiger partial charge in [-0.05, 0) is 42.3 Å². The molecule has 0 aliphatic heterocycles. The van der Waals surface area contributed by atoms with Crippen molar-refractivity contribution in [1.29, 1.82) is 0 Å². The lowest BCUT2D eigenvalue weighted by Gasteiger charge is -2.12. The SMILES string of the molecule is CCCCCCC(F)COc1ccc(-c2ncc(-c3ccc(C(=O)O)cc3)cn2)cc1F. The molecule has 1 unspecified atom stereocenters. The van der Waals surface area contributed by atoms with Crippen LogP contribution in [0.2, 0.25) is 0 Å². The molecule has 1 aromatic heterocycles. The van der Waals surface area contributed by atoms with Gasteiger partial charge in [0, 0.05) is 23.5 Å². The first-order valence-corrected chi connectivity index (χ1v) is 10.7. The molecular weight excluding hydrogens is 414 g/mol. The first-order chi connectivity index (χ1) is 15.5. The molecule has 3 aromatic rings. The summed E-state index contributed by atoms with van der Waals surface area (Å²) >= 11 is 0. The Morgan fingerprint density at radius 1 is 1.00 bits per heavy atom. The monoisotopic (exact) mass is 440 g/mol.